The Labute approximate surface area is 93.9 Å². The van der Waals surface area contributed by atoms with Crippen molar-refractivity contribution in [3.05, 3.63) is 11.1 Å². The smallest absolute Gasteiger partial charge is 0.0268 e. The second-order valence-electron chi connectivity index (χ2n) is 3.49. The number of halogens is 1. The molecule has 0 aromatic heterocycles. The van der Waals surface area contributed by atoms with Crippen molar-refractivity contribution < 1.29 is 0 Å². The summed E-state index contributed by atoms with van der Waals surface area (Å²) >= 11 is 5.47. The Balaban J connectivity index is 2.13. The van der Waals surface area contributed by atoms with E-state index in [0.717, 1.165) is 22.3 Å². The first kappa shape index (κ1) is 11.6. The molecule has 76 valence electrons. The van der Waals surface area contributed by atoms with E-state index in [2.05, 4.69) is 46.5 Å². The largest absolute Gasteiger partial charge is 0.309 e. The minimum Gasteiger partial charge on any atom is -0.309 e. The molecule has 0 spiro atoms. The van der Waals surface area contributed by atoms with Crippen molar-refractivity contribution in [2.24, 2.45) is 0 Å². The van der Waals surface area contributed by atoms with Crippen LogP contribution in [0.4, 0.5) is 0 Å². The van der Waals surface area contributed by atoms with Gasteiger partial charge in [-0.15, -0.1) is 0 Å². The van der Waals surface area contributed by atoms with E-state index in [1.165, 1.54) is 25.0 Å². The zero-order chi connectivity index (χ0) is 9.68. The lowest BCUT2D eigenvalue weighted by molar-refractivity contribution is 0.556. The zero-order valence-corrected chi connectivity index (χ0v) is 10.6. The Morgan fingerprint density at radius 3 is 3.00 bits per heavy atom. The van der Waals surface area contributed by atoms with E-state index in [9.17, 15) is 0 Å². The first-order valence-corrected chi connectivity index (χ1v) is 6.74. The van der Waals surface area contributed by atoms with Crippen LogP contribution in [0.1, 0.15) is 26.2 Å². The molecular formula is C10H18BrNS. The molecule has 1 aliphatic rings. The fraction of sp³-hybridized carbons (Fsp3) is 0.800. The van der Waals surface area contributed by atoms with E-state index in [4.69, 9.17) is 0 Å². The maximum absolute atomic E-state index is 3.82. The summed E-state index contributed by atoms with van der Waals surface area (Å²) in [4.78, 5) is 0. The summed E-state index contributed by atoms with van der Waals surface area (Å²) in [6.07, 6.45) is 4.04. The second kappa shape index (κ2) is 6.10. The van der Waals surface area contributed by atoms with Crippen molar-refractivity contribution in [3.63, 3.8) is 0 Å². The third-order valence-corrected chi connectivity index (χ3v) is 3.88. The molecule has 0 heterocycles. The van der Waals surface area contributed by atoms with Crippen LogP contribution in [0.15, 0.2) is 11.1 Å². The predicted octanol–water partition coefficient (Wildman–Crippen LogP) is 3.16. The highest BCUT2D eigenvalue weighted by atomic mass is 79.9. The number of thioether (sulfide) groups is 1. The standard InChI is InChI=1S/C10H18BrNS/c1-3-13-10-5-4-9(6-10)12-7-8(2)11/h9-10,12H,2-7H2,1H3. The van der Waals surface area contributed by atoms with Crippen LogP contribution in [0.25, 0.3) is 0 Å². The molecule has 1 N–H and O–H groups in total. The molecule has 0 aliphatic heterocycles. The minimum absolute atomic E-state index is 0.721. The molecule has 1 nitrogen and oxygen atoms in total. The molecule has 13 heavy (non-hydrogen) atoms. The Kier molecular flexibility index (Phi) is 5.44. The molecule has 0 amide bonds. The van der Waals surface area contributed by atoms with Gasteiger partial charge < -0.3 is 5.32 Å². The Morgan fingerprint density at radius 2 is 2.38 bits per heavy atom. The molecule has 2 unspecified atom stereocenters. The zero-order valence-electron chi connectivity index (χ0n) is 8.18. The molecule has 0 saturated heterocycles. The van der Waals surface area contributed by atoms with Crippen molar-refractivity contribution in [3.8, 4) is 0 Å². The Hall–Kier alpha value is 0.530. The summed E-state index contributed by atoms with van der Waals surface area (Å²) in [5.74, 6) is 1.25. The normalized spacial score (nSPS) is 27.8. The molecule has 1 fully saturated rings. The van der Waals surface area contributed by atoms with Gasteiger partial charge in [0.1, 0.15) is 0 Å². The minimum atomic E-state index is 0.721. The lowest BCUT2D eigenvalue weighted by Gasteiger charge is -2.12. The topological polar surface area (TPSA) is 12.0 Å². The second-order valence-corrected chi connectivity index (χ2v) is 6.18. The van der Waals surface area contributed by atoms with Gasteiger partial charge >= 0.3 is 0 Å². The quantitative estimate of drug-likeness (QED) is 0.818. The molecule has 0 radical (unpaired) electrons. The summed E-state index contributed by atoms with van der Waals surface area (Å²) in [5, 5.41) is 4.40. The van der Waals surface area contributed by atoms with Crippen LogP contribution < -0.4 is 5.32 Å². The van der Waals surface area contributed by atoms with E-state index in [1.54, 1.807) is 0 Å². The predicted molar refractivity (Wildman–Crippen MR) is 65.6 cm³/mol. The van der Waals surface area contributed by atoms with Gasteiger partial charge in [-0.25, -0.2) is 0 Å². The van der Waals surface area contributed by atoms with Gasteiger partial charge in [-0.3, -0.25) is 0 Å². The lowest BCUT2D eigenvalue weighted by Crippen LogP contribution is -2.27. The van der Waals surface area contributed by atoms with Crippen molar-refractivity contribution in [1.82, 2.24) is 5.32 Å². The van der Waals surface area contributed by atoms with Gasteiger partial charge in [0.05, 0.1) is 0 Å². The van der Waals surface area contributed by atoms with Crippen molar-refractivity contribution in [1.29, 1.82) is 0 Å². The summed E-state index contributed by atoms with van der Waals surface area (Å²) < 4.78 is 1.05. The average molecular weight is 264 g/mol. The molecule has 1 saturated carbocycles. The van der Waals surface area contributed by atoms with Gasteiger partial charge in [-0.05, 0) is 25.0 Å². The van der Waals surface area contributed by atoms with E-state index in [0.29, 0.717) is 0 Å². The van der Waals surface area contributed by atoms with E-state index in [1.807, 2.05) is 0 Å². The number of hydrogen-bond donors (Lipinski definition) is 1. The monoisotopic (exact) mass is 263 g/mol. The van der Waals surface area contributed by atoms with Gasteiger partial charge in [0.2, 0.25) is 0 Å². The van der Waals surface area contributed by atoms with E-state index < -0.39 is 0 Å². The van der Waals surface area contributed by atoms with Crippen LogP contribution in [0.3, 0.4) is 0 Å². The summed E-state index contributed by atoms with van der Waals surface area (Å²) in [5.41, 5.74) is 0. The SMILES string of the molecule is C=C(Br)CNC1CCC(SCC)C1. The lowest BCUT2D eigenvalue weighted by atomic mass is 10.2. The van der Waals surface area contributed by atoms with Gasteiger partial charge in [0.25, 0.3) is 0 Å². The average Bonchev–Trinajstić information content (AvgIpc) is 2.50. The van der Waals surface area contributed by atoms with Crippen molar-refractivity contribution >= 4 is 27.7 Å². The number of rotatable bonds is 5. The molecule has 2 atom stereocenters. The highest BCUT2D eigenvalue weighted by molar-refractivity contribution is 9.11. The molecule has 0 aromatic carbocycles. The molecule has 0 aromatic rings. The number of hydrogen-bond acceptors (Lipinski definition) is 2. The maximum atomic E-state index is 3.82. The van der Waals surface area contributed by atoms with Gasteiger partial charge in [-0.1, -0.05) is 29.4 Å². The molecular weight excluding hydrogens is 246 g/mol. The molecule has 3 heteroatoms. The van der Waals surface area contributed by atoms with E-state index in [-0.39, 0.29) is 0 Å². The van der Waals surface area contributed by atoms with Gasteiger partial charge in [0.15, 0.2) is 0 Å². The van der Waals surface area contributed by atoms with E-state index >= 15 is 0 Å². The summed E-state index contributed by atoms with van der Waals surface area (Å²) in [6, 6.07) is 0.721. The highest BCUT2D eigenvalue weighted by Crippen LogP contribution is 2.29. The summed E-state index contributed by atoms with van der Waals surface area (Å²) in [6.45, 7) is 6.97. The van der Waals surface area contributed by atoms with Crippen LogP contribution in [0.5, 0.6) is 0 Å². The maximum Gasteiger partial charge on any atom is 0.0268 e. The first-order chi connectivity index (χ1) is 6.22. The number of nitrogens with one attached hydrogen (secondary N) is 1. The van der Waals surface area contributed by atoms with Crippen molar-refractivity contribution in [2.75, 3.05) is 12.3 Å². The highest BCUT2D eigenvalue weighted by Gasteiger charge is 2.23. The van der Waals surface area contributed by atoms with Crippen LogP contribution in [0.2, 0.25) is 0 Å². The molecule has 1 rings (SSSR count). The van der Waals surface area contributed by atoms with Gasteiger partial charge in [-0.2, -0.15) is 11.8 Å². The molecule has 0 bridgehead atoms. The molecule has 1 aliphatic carbocycles. The first-order valence-electron chi connectivity index (χ1n) is 4.90. The van der Waals surface area contributed by atoms with Gasteiger partial charge in [0, 0.05) is 22.3 Å². The Bertz CT molecular complexity index is 172. The fourth-order valence-electron chi connectivity index (χ4n) is 1.77. The van der Waals surface area contributed by atoms with Crippen LogP contribution in [-0.2, 0) is 0 Å². The van der Waals surface area contributed by atoms with Crippen LogP contribution in [-0.4, -0.2) is 23.6 Å². The third-order valence-electron chi connectivity index (χ3n) is 2.37. The third kappa shape index (κ3) is 4.52. The fourth-order valence-corrected chi connectivity index (χ4v) is 3.07. The summed E-state index contributed by atoms with van der Waals surface area (Å²) in [7, 11) is 0. The van der Waals surface area contributed by atoms with Crippen LogP contribution >= 0.6 is 27.7 Å². The van der Waals surface area contributed by atoms with Crippen molar-refractivity contribution in [2.45, 2.75) is 37.5 Å². The van der Waals surface area contributed by atoms with Crippen LogP contribution in [0, 0.1) is 0 Å². The Morgan fingerprint density at radius 1 is 1.62 bits per heavy atom.